The van der Waals surface area contributed by atoms with Crippen LogP contribution in [0.15, 0.2) is 60.9 Å². The highest BCUT2D eigenvalue weighted by molar-refractivity contribution is 6.34. The van der Waals surface area contributed by atoms with Crippen LogP contribution in [0.3, 0.4) is 0 Å². The van der Waals surface area contributed by atoms with Crippen molar-refractivity contribution in [1.82, 2.24) is 20.0 Å². The quantitative estimate of drug-likeness (QED) is 0.536. The zero-order chi connectivity index (χ0) is 26.0. The molecule has 188 valence electrons. The number of nitrogens with zero attached hydrogens (tertiary/aromatic N) is 4. The van der Waals surface area contributed by atoms with E-state index in [0.717, 1.165) is 11.3 Å². The third-order valence-electron chi connectivity index (χ3n) is 6.27. The van der Waals surface area contributed by atoms with E-state index in [1.807, 2.05) is 31.2 Å². The molecule has 0 radical (unpaired) electrons. The van der Waals surface area contributed by atoms with Gasteiger partial charge in [0.1, 0.15) is 6.04 Å². The van der Waals surface area contributed by atoms with E-state index in [9.17, 15) is 19.5 Å². The first-order valence-electron chi connectivity index (χ1n) is 11.7. The molecule has 3 aromatic rings. The largest absolute Gasteiger partial charge is 0.480 e. The number of para-hydroxylation sites is 1. The summed E-state index contributed by atoms with van der Waals surface area (Å²) in [4.78, 5) is 41.7. The second-order valence-corrected chi connectivity index (χ2v) is 9.55. The molecule has 2 atom stereocenters. The molecule has 0 aliphatic carbocycles. The maximum atomic E-state index is 13.7. The number of aromatic nitrogens is 2. The smallest absolute Gasteiger partial charge is 0.326 e. The Kier molecular flexibility index (Phi) is 7.30. The van der Waals surface area contributed by atoms with Crippen LogP contribution in [0.1, 0.15) is 36.7 Å². The van der Waals surface area contributed by atoms with Gasteiger partial charge in [-0.3, -0.25) is 4.79 Å². The molecule has 9 nitrogen and oxygen atoms in total. The summed E-state index contributed by atoms with van der Waals surface area (Å²) >= 11 is 6.54. The molecule has 1 aliphatic rings. The number of benzene rings is 2. The van der Waals surface area contributed by atoms with Crippen LogP contribution in [-0.2, 0) is 11.3 Å². The van der Waals surface area contributed by atoms with Crippen LogP contribution in [0.25, 0.3) is 5.69 Å². The van der Waals surface area contributed by atoms with Gasteiger partial charge in [-0.2, -0.15) is 5.10 Å². The van der Waals surface area contributed by atoms with E-state index < -0.39 is 24.1 Å². The molecular weight excluding hydrogens is 482 g/mol. The number of carbonyl (C=O) groups excluding carboxylic acids is 2. The minimum atomic E-state index is -1.09. The highest BCUT2D eigenvalue weighted by Gasteiger charge is 2.34. The Labute approximate surface area is 214 Å². The van der Waals surface area contributed by atoms with Gasteiger partial charge in [-0.25, -0.2) is 14.3 Å². The standard InChI is InChI=1S/C26H28ClN5O4/c1-16(2)23(25(34)35)29-26(36)30-15-18-7-4-5-8-22(18)31(14-17(30)3)24(33)20-10-9-19(13-21(20)27)32-12-6-11-28-32/h4-13,16-17,23H,14-15H2,1-3H3,(H,29,36)(H,34,35)/t17-,23+/m1/s1. The third kappa shape index (κ3) is 5.06. The first-order valence-corrected chi connectivity index (χ1v) is 12.0. The van der Waals surface area contributed by atoms with Gasteiger partial charge in [0.05, 0.1) is 16.3 Å². The molecule has 2 N–H and O–H groups in total. The van der Waals surface area contributed by atoms with Gasteiger partial charge >= 0.3 is 12.0 Å². The Hall–Kier alpha value is -3.85. The van der Waals surface area contributed by atoms with Crippen molar-refractivity contribution in [2.45, 2.75) is 39.4 Å². The van der Waals surface area contributed by atoms with Gasteiger partial charge in [0, 0.05) is 37.2 Å². The fourth-order valence-electron chi connectivity index (χ4n) is 4.29. The number of hydrogen-bond donors (Lipinski definition) is 2. The van der Waals surface area contributed by atoms with Crippen molar-refractivity contribution < 1.29 is 19.5 Å². The number of amides is 3. The normalized spacial score (nSPS) is 16.3. The Morgan fingerprint density at radius 1 is 1.14 bits per heavy atom. The van der Waals surface area contributed by atoms with Gasteiger partial charge in [-0.05, 0) is 48.7 Å². The SMILES string of the molecule is CC(C)[C@H](NC(=O)N1Cc2ccccc2N(C(=O)c2ccc(-n3cccn3)cc2Cl)C[C@H]1C)C(=O)O. The molecule has 1 aliphatic heterocycles. The second-order valence-electron chi connectivity index (χ2n) is 9.15. The predicted octanol–water partition coefficient (Wildman–Crippen LogP) is 4.20. The number of halogens is 1. The van der Waals surface area contributed by atoms with Crippen LogP contribution in [-0.4, -0.2) is 56.3 Å². The zero-order valence-electron chi connectivity index (χ0n) is 20.3. The van der Waals surface area contributed by atoms with E-state index in [0.29, 0.717) is 16.3 Å². The van der Waals surface area contributed by atoms with Gasteiger partial charge in [0.25, 0.3) is 5.91 Å². The molecule has 2 aromatic carbocycles. The zero-order valence-corrected chi connectivity index (χ0v) is 21.0. The van der Waals surface area contributed by atoms with Crippen LogP contribution in [0.2, 0.25) is 5.02 Å². The number of urea groups is 1. The topological polar surface area (TPSA) is 108 Å². The van der Waals surface area contributed by atoms with E-state index in [4.69, 9.17) is 11.6 Å². The number of aliphatic carboxylic acids is 1. The lowest BCUT2D eigenvalue weighted by atomic mass is 10.1. The minimum Gasteiger partial charge on any atom is -0.480 e. The number of carboxylic acids is 1. The van der Waals surface area contributed by atoms with Crippen molar-refractivity contribution in [3.05, 3.63) is 77.1 Å². The van der Waals surface area contributed by atoms with Crippen LogP contribution in [0.4, 0.5) is 10.5 Å². The summed E-state index contributed by atoms with van der Waals surface area (Å²) in [5, 5.41) is 16.6. The fourth-order valence-corrected chi connectivity index (χ4v) is 4.54. The maximum Gasteiger partial charge on any atom is 0.326 e. The van der Waals surface area contributed by atoms with Crippen LogP contribution in [0.5, 0.6) is 0 Å². The summed E-state index contributed by atoms with van der Waals surface area (Å²) < 4.78 is 1.65. The predicted molar refractivity (Wildman–Crippen MR) is 136 cm³/mol. The van der Waals surface area contributed by atoms with E-state index in [-0.39, 0.29) is 24.9 Å². The number of carbonyl (C=O) groups is 3. The molecule has 0 bridgehead atoms. The highest BCUT2D eigenvalue weighted by Crippen LogP contribution is 2.31. The van der Waals surface area contributed by atoms with E-state index in [2.05, 4.69) is 10.4 Å². The molecular formula is C26H28ClN5O4. The fraction of sp³-hybridized carbons (Fsp3) is 0.308. The van der Waals surface area contributed by atoms with Crippen LogP contribution >= 0.6 is 11.6 Å². The average Bonchev–Trinajstić information content (AvgIpc) is 3.33. The summed E-state index contributed by atoms with van der Waals surface area (Å²) in [5.74, 6) is -1.67. The number of hydrogen-bond acceptors (Lipinski definition) is 4. The molecule has 0 saturated heterocycles. The van der Waals surface area contributed by atoms with Crippen molar-refractivity contribution in [3.8, 4) is 5.69 Å². The van der Waals surface area contributed by atoms with E-state index in [1.54, 1.807) is 65.0 Å². The summed E-state index contributed by atoms with van der Waals surface area (Å²) in [5.41, 5.74) is 2.51. The summed E-state index contributed by atoms with van der Waals surface area (Å²) in [6.45, 7) is 5.74. The summed E-state index contributed by atoms with van der Waals surface area (Å²) in [6.07, 6.45) is 3.44. The highest BCUT2D eigenvalue weighted by atomic mass is 35.5. The third-order valence-corrected chi connectivity index (χ3v) is 6.58. The Bertz CT molecular complexity index is 1280. The molecule has 10 heteroatoms. The minimum absolute atomic E-state index is 0.208. The first-order chi connectivity index (χ1) is 17.2. The monoisotopic (exact) mass is 509 g/mol. The second kappa shape index (κ2) is 10.4. The Morgan fingerprint density at radius 2 is 1.89 bits per heavy atom. The Morgan fingerprint density at radius 3 is 2.53 bits per heavy atom. The number of nitrogens with one attached hydrogen (secondary N) is 1. The molecule has 4 rings (SSSR count). The van der Waals surface area contributed by atoms with Crippen LogP contribution < -0.4 is 10.2 Å². The van der Waals surface area contributed by atoms with Crippen molar-refractivity contribution in [2.75, 3.05) is 11.4 Å². The van der Waals surface area contributed by atoms with Crippen LogP contribution in [0, 0.1) is 5.92 Å². The number of carboxylic acid groups (broad SMARTS) is 1. The molecule has 0 unspecified atom stereocenters. The Balaban J connectivity index is 1.64. The molecule has 0 saturated carbocycles. The van der Waals surface area contributed by atoms with Crippen molar-refractivity contribution in [3.63, 3.8) is 0 Å². The van der Waals surface area contributed by atoms with Gasteiger partial charge in [0.2, 0.25) is 0 Å². The maximum absolute atomic E-state index is 13.7. The summed E-state index contributed by atoms with van der Waals surface area (Å²) in [6, 6.07) is 12.4. The first kappa shape index (κ1) is 25.2. The summed E-state index contributed by atoms with van der Waals surface area (Å²) in [7, 11) is 0. The van der Waals surface area contributed by atoms with Gasteiger partial charge in [0.15, 0.2) is 0 Å². The van der Waals surface area contributed by atoms with Crippen molar-refractivity contribution >= 4 is 35.2 Å². The lowest BCUT2D eigenvalue weighted by molar-refractivity contribution is -0.140. The van der Waals surface area contributed by atoms with Crippen molar-refractivity contribution in [1.29, 1.82) is 0 Å². The van der Waals surface area contributed by atoms with E-state index in [1.165, 1.54) is 0 Å². The molecule has 3 amide bonds. The number of rotatable bonds is 5. The van der Waals surface area contributed by atoms with Crippen molar-refractivity contribution in [2.24, 2.45) is 5.92 Å². The molecule has 2 heterocycles. The van der Waals surface area contributed by atoms with Gasteiger partial charge in [-0.1, -0.05) is 43.6 Å². The number of anilines is 1. The average molecular weight is 510 g/mol. The molecule has 36 heavy (non-hydrogen) atoms. The van der Waals surface area contributed by atoms with Gasteiger partial charge < -0.3 is 20.2 Å². The lowest BCUT2D eigenvalue weighted by Gasteiger charge is -2.31. The molecule has 1 aromatic heterocycles. The van der Waals surface area contributed by atoms with Gasteiger partial charge in [-0.15, -0.1) is 0 Å². The lowest BCUT2D eigenvalue weighted by Crippen LogP contribution is -2.53. The van der Waals surface area contributed by atoms with E-state index >= 15 is 0 Å². The number of fused-ring (bicyclic) bond motifs is 1. The molecule has 0 fully saturated rings. The molecule has 0 spiro atoms.